The molecule has 27 heavy (non-hydrogen) atoms. The van der Waals surface area contributed by atoms with E-state index in [-0.39, 0.29) is 11.7 Å². The number of nitrogens with one attached hydrogen (secondary N) is 1. The summed E-state index contributed by atoms with van der Waals surface area (Å²) in [4.78, 5) is 17.5. The molecule has 5 nitrogen and oxygen atoms in total. The van der Waals surface area contributed by atoms with E-state index in [4.69, 9.17) is 0 Å². The van der Waals surface area contributed by atoms with Crippen LogP contribution >= 0.6 is 11.3 Å². The average Bonchev–Trinajstić information content (AvgIpc) is 3.32. The fraction of sp³-hybridized carbons (Fsp3) is 0.0500. The lowest BCUT2D eigenvalue weighted by Gasteiger charge is -2.07. The number of benzene rings is 2. The number of hydrogen-bond donors (Lipinski definition) is 1. The van der Waals surface area contributed by atoms with E-state index in [1.165, 1.54) is 17.4 Å². The zero-order valence-corrected chi connectivity index (χ0v) is 15.2. The van der Waals surface area contributed by atoms with Crippen molar-refractivity contribution in [2.24, 2.45) is 0 Å². The van der Waals surface area contributed by atoms with Crippen LogP contribution in [0, 0.1) is 12.7 Å². The molecule has 0 atom stereocenters. The maximum atomic E-state index is 14.0. The minimum Gasteiger partial charge on any atom is -0.321 e. The Morgan fingerprint density at radius 1 is 1.15 bits per heavy atom. The smallest absolute Gasteiger partial charge is 0.267 e. The van der Waals surface area contributed by atoms with E-state index in [1.54, 1.807) is 42.1 Å². The number of carbonyl (C=O) groups is 1. The van der Waals surface area contributed by atoms with Gasteiger partial charge in [0.1, 0.15) is 15.7 Å². The number of anilines is 1. The highest BCUT2D eigenvalue weighted by Gasteiger charge is 2.18. The van der Waals surface area contributed by atoms with Crippen molar-refractivity contribution in [2.45, 2.75) is 6.92 Å². The van der Waals surface area contributed by atoms with Gasteiger partial charge in [-0.05, 0) is 43.3 Å². The van der Waals surface area contributed by atoms with Gasteiger partial charge in [-0.3, -0.25) is 4.79 Å². The lowest BCUT2D eigenvalue weighted by atomic mass is 10.2. The van der Waals surface area contributed by atoms with Gasteiger partial charge in [-0.1, -0.05) is 18.2 Å². The molecular weight excluding hydrogens is 363 g/mol. The normalized spacial score (nSPS) is 10.7. The van der Waals surface area contributed by atoms with Crippen molar-refractivity contribution in [1.29, 1.82) is 0 Å². The largest absolute Gasteiger partial charge is 0.321 e. The van der Waals surface area contributed by atoms with E-state index in [1.807, 2.05) is 30.5 Å². The molecular formula is C20H15FN4OS. The van der Waals surface area contributed by atoms with Gasteiger partial charge in [0.25, 0.3) is 5.91 Å². The average molecular weight is 378 g/mol. The number of hydrogen-bond acceptors (Lipinski definition) is 4. The lowest BCUT2D eigenvalue weighted by Crippen LogP contribution is -2.11. The molecule has 0 saturated carbocycles. The fourth-order valence-electron chi connectivity index (χ4n) is 2.69. The Kier molecular flexibility index (Phi) is 4.52. The second-order valence-corrected chi connectivity index (χ2v) is 6.87. The molecule has 0 saturated heterocycles. The maximum Gasteiger partial charge on any atom is 0.267 e. The van der Waals surface area contributed by atoms with Crippen molar-refractivity contribution in [3.05, 3.63) is 83.4 Å². The standard InChI is InChI=1S/C20H15FN4OS/c1-13-18(27-20(23-13)16-8-2-3-9-17(16)21)19(26)24-14-6-4-7-15(12-14)25-11-5-10-22-25/h2-12H,1H3,(H,24,26). The summed E-state index contributed by atoms with van der Waals surface area (Å²) < 4.78 is 15.7. The van der Waals surface area contributed by atoms with Crippen LogP contribution in [0.25, 0.3) is 16.3 Å². The van der Waals surface area contributed by atoms with E-state index in [0.717, 1.165) is 5.69 Å². The first-order chi connectivity index (χ1) is 13.1. The number of aryl methyl sites for hydroxylation is 1. The summed E-state index contributed by atoms with van der Waals surface area (Å²) in [5.74, 6) is -0.629. The van der Waals surface area contributed by atoms with Gasteiger partial charge in [0.2, 0.25) is 0 Å². The quantitative estimate of drug-likeness (QED) is 0.560. The summed E-state index contributed by atoms with van der Waals surface area (Å²) in [5.41, 5.74) is 2.45. The number of thiazole rings is 1. The van der Waals surface area contributed by atoms with Crippen LogP contribution in [-0.2, 0) is 0 Å². The number of halogens is 1. The molecule has 0 aliphatic carbocycles. The number of nitrogens with zero attached hydrogens (tertiary/aromatic N) is 3. The van der Waals surface area contributed by atoms with Crippen LogP contribution in [0.2, 0.25) is 0 Å². The van der Waals surface area contributed by atoms with Crippen molar-refractivity contribution in [1.82, 2.24) is 14.8 Å². The number of amides is 1. The van der Waals surface area contributed by atoms with Crippen LogP contribution in [0.5, 0.6) is 0 Å². The van der Waals surface area contributed by atoms with Gasteiger partial charge in [-0.15, -0.1) is 11.3 Å². The van der Waals surface area contributed by atoms with Gasteiger partial charge in [0.05, 0.1) is 11.4 Å². The van der Waals surface area contributed by atoms with Crippen LogP contribution in [0.1, 0.15) is 15.4 Å². The fourth-order valence-corrected chi connectivity index (χ4v) is 3.68. The number of rotatable bonds is 4. The summed E-state index contributed by atoms with van der Waals surface area (Å²) >= 11 is 1.18. The highest BCUT2D eigenvalue weighted by Crippen LogP contribution is 2.30. The molecule has 0 unspecified atom stereocenters. The SMILES string of the molecule is Cc1nc(-c2ccccc2F)sc1C(=O)Nc1cccc(-n2cccn2)c1. The third kappa shape index (κ3) is 3.50. The molecule has 134 valence electrons. The molecule has 4 aromatic rings. The monoisotopic (exact) mass is 378 g/mol. The van der Waals surface area contributed by atoms with Gasteiger partial charge in [-0.25, -0.2) is 14.1 Å². The van der Waals surface area contributed by atoms with Crippen LogP contribution in [-0.4, -0.2) is 20.7 Å². The van der Waals surface area contributed by atoms with Crippen LogP contribution in [0.15, 0.2) is 67.0 Å². The van der Waals surface area contributed by atoms with Crippen LogP contribution in [0.3, 0.4) is 0 Å². The molecule has 1 N–H and O–H groups in total. The second kappa shape index (κ2) is 7.13. The molecule has 0 spiro atoms. The Morgan fingerprint density at radius 3 is 2.78 bits per heavy atom. The van der Waals surface area contributed by atoms with Gasteiger partial charge in [0.15, 0.2) is 0 Å². The Labute approximate surface area is 159 Å². The third-order valence-corrected chi connectivity index (χ3v) is 5.17. The summed E-state index contributed by atoms with van der Waals surface area (Å²) in [6.07, 6.45) is 3.52. The Hall–Kier alpha value is -3.32. The van der Waals surface area contributed by atoms with E-state index >= 15 is 0 Å². The summed E-state index contributed by atoms with van der Waals surface area (Å²) in [5, 5.41) is 7.55. The molecule has 4 rings (SSSR count). The van der Waals surface area contributed by atoms with Gasteiger partial charge in [-0.2, -0.15) is 5.10 Å². The van der Waals surface area contributed by atoms with Crippen molar-refractivity contribution in [2.75, 3.05) is 5.32 Å². The van der Waals surface area contributed by atoms with Gasteiger partial charge >= 0.3 is 0 Å². The molecule has 0 aliphatic rings. The Balaban J connectivity index is 1.59. The first kappa shape index (κ1) is 17.1. The summed E-state index contributed by atoms with van der Waals surface area (Å²) in [6.45, 7) is 1.75. The highest BCUT2D eigenvalue weighted by atomic mass is 32.1. The summed E-state index contributed by atoms with van der Waals surface area (Å²) in [7, 11) is 0. The van der Waals surface area contributed by atoms with Gasteiger partial charge < -0.3 is 5.32 Å². The first-order valence-electron chi connectivity index (χ1n) is 8.25. The predicted molar refractivity (Wildman–Crippen MR) is 104 cm³/mol. The van der Waals surface area contributed by atoms with E-state index in [2.05, 4.69) is 15.4 Å². The maximum absolute atomic E-state index is 14.0. The minimum atomic E-state index is -0.356. The van der Waals surface area contributed by atoms with Gasteiger partial charge in [0, 0.05) is 23.6 Å². The number of carbonyl (C=O) groups excluding carboxylic acids is 1. The van der Waals surface area contributed by atoms with E-state index in [9.17, 15) is 9.18 Å². The molecule has 1 amide bonds. The third-order valence-electron chi connectivity index (χ3n) is 3.98. The highest BCUT2D eigenvalue weighted by molar-refractivity contribution is 7.17. The minimum absolute atomic E-state index is 0.273. The van der Waals surface area contributed by atoms with Crippen molar-refractivity contribution in [3.8, 4) is 16.3 Å². The van der Waals surface area contributed by atoms with E-state index in [0.29, 0.717) is 26.8 Å². The second-order valence-electron chi connectivity index (χ2n) is 5.87. The van der Waals surface area contributed by atoms with Crippen molar-refractivity contribution in [3.63, 3.8) is 0 Å². The van der Waals surface area contributed by atoms with Crippen molar-refractivity contribution < 1.29 is 9.18 Å². The molecule has 0 radical (unpaired) electrons. The lowest BCUT2D eigenvalue weighted by molar-refractivity contribution is 0.103. The Bertz CT molecular complexity index is 1100. The topological polar surface area (TPSA) is 59.8 Å². The zero-order chi connectivity index (χ0) is 18.8. The van der Waals surface area contributed by atoms with Crippen LogP contribution < -0.4 is 5.32 Å². The van der Waals surface area contributed by atoms with Crippen molar-refractivity contribution >= 4 is 22.9 Å². The Morgan fingerprint density at radius 2 is 2.00 bits per heavy atom. The molecule has 2 aromatic carbocycles. The molecule has 0 bridgehead atoms. The number of aromatic nitrogens is 3. The first-order valence-corrected chi connectivity index (χ1v) is 9.07. The molecule has 2 heterocycles. The molecule has 0 fully saturated rings. The van der Waals surface area contributed by atoms with Crippen LogP contribution in [0.4, 0.5) is 10.1 Å². The predicted octanol–water partition coefficient (Wildman–Crippen LogP) is 4.70. The zero-order valence-electron chi connectivity index (χ0n) is 14.4. The molecule has 0 aliphatic heterocycles. The molecule has 2 aromatic heterocycles. The van der Waals surface area contributed by atoms with E-state index < -0.39 is 0 Å². The molecule has 7 heteroatoms. The summed E-state index contributed by atoms with van der Waals surface area (Å²) in [6, 6.07) is 15.6.